The maximum atomic E-state index is 13.0. The molecule has 6 nitrogen and oxygen atoms in total. The fourth-order valence-corrected chi connectivity index (χ4v) is 4.28. The van der Waals surface area contributed by atoms with Gasteiger partial charge in [-0.2, -0.15) is 0 Å². The molecule has 0 bridgehead atoms. The molecular weight excluding hydrogens is 386 g/mol. The van der Waals surface area contributed by atoms with E-state index in [4.69, 9.17) is 0 Å². The SMILES string of the molecule is O=C(CCn1c(-c2ccccc2)cc2ccccc21)N1CCN(c2ncccn2)CC1. The van der Waals surface area contributed by atoms with Crippen LogP contribution >= 0.6 is 0 Å². The highest BCUT2D eigenvalue weighted by Gasteiger charge is 2.22. The number of fused-ring (bicyclic) bond motifs is 1. The van der Waals surface area contributed by atoms with E-state index in [-0.39, 0.29) is 5.91 Å². The Morgan fingerprint density at radius 3 is 2.32 bits per heavy atom. The number of nitrogens with zero attached hydrogens (tertiary/aromatic N) is 5. The van der Waals surface area contributed by atoms with E-state index in [1.54, 1.807) is 12.4 Å². The number of carbonyl (C=O) groups is 1. The third-order valence-corrected chi connectivity index (χ3v) is 5.90. The number of para-hydroxylation sites is 1. The Morgan fingerprint density at radius 1 is 0.839 bits per heavy atom. The van der Waals surface area contributed by atoms with E-state index in [0.717, 1.165) is 24.7 Å². The summed E-state index contributed by atoms with van der Waals surface area (Å²) in [7, 11) is 0. The number of piperazine rings is 1. The van der Waals surface area contributed by atoms with E-state index in [2.05, 4.69) is 74.0 Å². The molecule has 31 heavy (non-hydrogen) atoms. The highest BCUT2D eigenvalue weighted by atomic mass is 16.2. The molecule has 156 valence electrons. The van der Waals surface area contributed by atoms with E-state index in [1.165, 1.54) is 16.5 Å². The smallest absolute Gasteiger partial charge is 0.225 e. The lowest BCUT2D eigenvalue weighted by molar-refractivity contribution is -0.131. The Morgan fingerprint density at radius 2 is 1.55 bits per heavy atom. The second kappa shape index (κ2) is 8.60. The summed E-state index contributed by atoms with van der Waals surface area (Å²) >= 11 is 0. The van der Waals surface area contributed by atoms with Crippen LogP contribution in [0.2, 0.25) is 0 Å². The minimum Gasteiger partial charge on any atom is -0.340 e. The van der Waals surface area contributed by atoms with Crippen molar-refractivity contribution in [2.75, 3.05) is 31.1 Å². The molecule has 1 aliphatic heterocycles. The largest absolute Gasteiger partial charge is 0.340 e. The zero-order valence-electron chi connectivity index (χ0n) is 17.4. The molecule has 1 aliphatic rings. The molecule has 1 fully saturated rings. The van der Waals surface area contributed by atoms with Gasteiger partial charge >= 0.3 is 0 Å². The summed E-state index contributed by atoms with van der Waals surface area (Å²) in [6.45, 7) is 3.59. The first kappa shape index (κ1) is 19.3. The van der Waals surface area contributed by atoms with Crippen LogP contribution in [-0.2, 0) is 11.3 Å². The quantitative estimate of drug-likeness (QED) is 0.501. The lowest BCUT2D eigenvalue weighted by Crippen LogP contribution is -2.49. The van der Waals surface area contributed by atoms with Crippen molar-refractivity contribution in [3.05, 3.63) is 79.1 Å². The summed E-state index contributed by atoms with van der Waals surface area (Å²) in [5.41, 5.74) is 3.49. The van der Waals surface area contributed by atoms with Gasteiger partial charge in [-0.1, -0.05) is 48.5 Å². The van der Waals surface area contributed by atoms with Crippen molar-refractivity contribution in [2.45, 2.75) is 13.0 Å². The van der Waals surface area contributed by atoms with Gasteiger partial charge in [0.15, 0.2) is 0 Å². The minimum atomic E-state index is 0.199. The van der Waals surface area contributed by atoms with E-state index in [9.17, 15) is 4.79 Å². The van der Waals surface area contributed by atoms with Gasteiger partial charge in [-0.15, -0.1) is 0 Å². The van der Waals surface area contributed by atoms with E-state index in [1.807, 2.05) is 17.0 Å². The van der Waals surface area contributed by atoms with Crippen LogP contribution in [0.3, 0.4) is 0 Å². The van der Waals surface area contributed by atoms with Crippen molar-refractivity contribution in [1.82, 2.24) is 19.4 Å². The van der Waals surface area contributed by atoms with Gasteiger partial charge in [0.05, 0.1) is 0 Å². The van der Waals surface area contributed by atoms with Gasteiger partial charge in [-0.05, 0) is 23.8 Å². The summed E-state index contributed by atoms with van der Waals surface area (Å²) < 4.78 is 2.27. The van der Waals surface area contributed by atoms with Crippen LogP contribution in [0.15, 0.2) is 79.1 Å². The highest BCUT2D eigenvalue weighted by Crippen LogP contribution is 2.28. The van der Waals surface area contributed by atoms with Crippen LogP contribution in [0.25, 0.3) is 22.2 Å². The molecule has 0 radical (unpaired) electrons. The number of carbonyl (C=O) groups excluding carboxylic acids is 1. The number of rotatable bonds is 5. The van der Waals surface area contributed by atoms with Crippen LogP contribution in [-0.4, -0.2) is 51.5 Å². The van der Waals surface area contributed by atoms with Crippen LogP contribution in [0.1, 0.15) is 6.42 Å². The first-order valence-electron chi connectivity index (χ1n) is 10.7. The molecule has 0 unspecified atom stereocenters. The zero-order valence-corrected chi connectivity index (χ0v) is 17.4. The third-order valence-electron chi connectivity index (χ3n) is 5.90. The van der Waals surface area contributed by atoms with Crippen LogP contribution in [0, 0.1) is 0 Å². The molecule has 2 aromatic heterocycles. The first-order chi connectivity index (χ1) is 15.3. The van der Waals surface area contributed by atoms with Gasteiger partial charge in [0.25, 0.3) is 0 Å². The second-order valence-corrected chi connectivity index (χ2v) is 7.77. The standard InChI is InChI=1S/C25H25N5O/c31-24(28-15-17-29(18-16-28)25-26-12-6-13-27-25)11-14-30-22-10-5-4-9-21(22)19-23(30)20-7-2-1-3-8-20/h1-10,12-13,19H,11,14-18H2. The molecule has 2 aromatic carbocycles. The number of amides is 1. The number of anilines is 1. The topological polar surface area (TPSA) is 54.3 Å². The molecule has 0 N–H and O–H groups in total. The van der Waals surface area contributed by atoms with Gasteiger partial charge in [0.2, 0.25) is 11.9 Å². The normalized spacial score (nSPS) is 14.2. The molecule has 6 heteroatoms. The second-order valence-electron chi connectivity index (χ2n) is 7.77. The van der Waals surface area contributed by atoms with Gasteiger partial charge < -0.3 is 14.4 Å². The van der Waals surface area contributed by atoms with E-state index >= 15 is 0 Å². The number of benzene rings is 2. The Bertz CT molecular complexity index is 1160. The van der Waals surface area contributed by atoms with Gasteiger partial charge in [-0.25, -0.2) is 9.97 Å². The Labute approximate surface area is 181 Å². The van der Waals surface area contributed by atoms with E-state index in [0.29, 0.717) is 26.1 Å². The highest BCUT2D eigenvalue weighted by molar-refractivity contribution is 5.87. The maximum absolute atomic E-state index is 13.0. The average Bonchev–Trinajstić information content (AvgIpc) is 3.22. The molecule has 0 atom stereocenters. The van der Waals surface area contributed by atoms with Crippen molar-refractivity contribution in [3.8, 4) is 11.3 Å². The maximum Gasteiger partial charge on any atom is 0.225 e. The number of aromatic nitrogens is 3. The fourth-order valence-electron chi connectivity index (χ4n) is 4.28. The minimum absolute atomic E-state index is 0.199. The van der Waals surface area contributed by atoms with Crippen molar-refractivity contribution >= 4 is 22.8 Å². The van der Waals surface area contributed by atoms with Gasteiger partial charge in [0, 0.05) is 68.1 Å². The average molecular weight is 412 g/mol. The van der Waals surface area contributed by atoms with E-state index < -0.39 is 0 Å². The number of hydrogen-bond acceptors (Lipinski definition) is 4. The Hall–Kier alpha value is -3.67. The molecule has 3 heterocycles. The summed E-state index contributed by atoms with van der Waals surface area (Å²) in [4.78, 5) is 25.7. The predicted octanol–water partition coefficient (Wildman–Crippen LogP) is 3.84. The Balaban J connectivity index is 1.29. The molecule has 4 aromatic rings. The van der Waals surface area contributed by atoms with Gasteiger partial charge in [-0.3, -0.25) is 4.79 Å². The molecule has 0 spiro atoms. The summed E-state index contributed by atoms with van der Waals surface area (Å²) in [6.07, 6.45) is 4.00. The predicted molar refractivity (Wildman–Crippen MR) is 123 cm³/mol. The summed E-state index contributed by atoms with van der Waals surface area (Å²) in [6, 6.07) is 22.8. The molecule has 5 rings (SSSR count). The van der Waals surface area contributed by atoms with Gasteiger partial charge in [0.1, 0.15) is 0 Å². The van der Waals surface area contributed by atoms with Crippen molar-refractivity contribution in [2.24, 2.45) is 0 Å². The molecule has 0 aliphatic carbocycles. The molecule has 0 saturated carbocycles. The molecular formula is C25H25N5O. The summed E-state index contributed by atoms with van der Waals surface area (Å²) in [5.74, 6) is 0.936. The number of hydrogen-bond donors (Lipinski definition) is 0. The monoisotopic (exact) mass is 411 g/mol. The summed E-state index contributed by atoms with van der Waals surface area (Å²) in [5, 5.41) is 1.20. The molecule has 1 amide bonds. The lowest BCUT2D eigenvalue weighted by atomic mass is 10.1. The lowest BCUT2D eigenvalue weighted by Gasteiger charge is -2.34. The molecule has 1 saturated heterocycles. The van der Waals surface area contributed by atoms with Crippen molar-refractivity contribution < 1.29 is 4.79 Å². The first-order valence-corrected chi connectivity index (χ1v) is 10.7. The number of aryl methyl sites for hydroxylation is 1. The fraction of sp³-hybridized carbons (Fsp3) is 0.240. The van der Waals surface area contributed by atoms with Crippen LogP contribution < -0.4 is 4.90 Å². The Kier molecular flexibility index (Phi) is 5.35. The van der Waals surface area contributed by atoms with Crippen molar-refractivity contribution in [3.63, 3.8) is 0 Å². The van der Waals surface area contributed by atoms with Crippen molar-refractivity contribution in [1.29, 1.82) is 0 Å². The van der Waals surface area contributed by atoms with Crippen LogP contribution in [0.5, 0.6) is 0 Å². The third kappa shape index (κ3) is 4.01. The van der Waals surface area contributed by atoms with Crippen LogP contribution in [0.4, 0.5) is 5.95 Å². The zero-order chi connectivity index (χ0) is 21.0.